The molecule has 188 valence electrons. The van der Waals surface area contributed by atoms with Crippen LogP contribution in [-0.2, 0) is 21.4 Å². The quantitative estimate of drug-likeness (QED) is 0.489. The van der Waals surface area contributed by atoms with Gasteiger partial charge in [0.2, 0.25) is 0 Å². The van der Waals surface area contributed by atoms with Gasteiger partial charge in [0.25, 0.3) is 10.0 Å². The van der Waals surface area contributed by atoms with E-state index in [9.17, 15) is 22.7 Å². The zero-order valence-corrected chi connectivity index (χ0v) is 19.9. The molecule has 0 radical (unpaired) electrons. The standard InChI is InChI=1S/C25H23FN2O7S/c26-17-3-6-22(16(14-17)2-1-8-28-9-12-33-13-10-28)36(31,32)27-20-5-4-19-18-7-11-34-21(18)15-35-24(19)23(20)25(29)30/h1-7,11,14,27H,8-10,12-13,15H2,(H,29,30). The second-order valence-corrected chi connectivity index (χ2v) is 9.97. The van der Waals surface area contributed by atoms with E-state index in [-0.39, 0.29) is 34.1 Å². The maximum Gasteiger partial charge on any atom is 0.341 e. The number of fused-ring (bicyclic) bond motifs is 3. The number of aromatic carboxylic acids is 1. The Balaban J connectivity index is 1.47. The van der Waals surface area contributed by atoms with Crippen LogP contribution in [0.15, 0.2) is 58.1 Å². The Morgan fingerprint density at radius 1 is 1.14 bits per heavy atom. The van der Waals surface area contributed by atoms with E-state index in [0.29, 0.717) is 36.6 Å². The highest BCUT2D eigenvalue weighted by atomic mass is 32.2. The zero-order chi connectivity index (χ0) is 25.3. The summed E-state index contributed by atoms with van der Waals surface area (Å²) in [5, 5.41) is 9.91. The first-order valence-electron chi connectivity index (χ1n) is 11.2. The molecule has 2 aliphatic rings. The molecule has 36 heavy (non-hydrogen) atoms. The number of rotatable bonds is 7. The fraction of sp³-hybridized carbons (Fsp3) is 0.240. The molecule has 0 amide bonds. The van der Waals surface area contributed by atoms with Crippen molar-refractivity contribution < 1.29 is 36.6 Å². The largest absolute Gasteiger partial charge is 0.484 e. The number of anilines is 1. The number of benzene rings is 2. The molecule has 2 aliphatic heterocycles. The molecule has 2 aromatic carbocycles. The van der Waals surface area contributed by atoms with Gasteiger partial charge in [-0.1, -0.05) is 12.2 Å². The van der Waals surface area contributed by atoms with Crippen molar-refractivity contribution in [3.63, 3.8) is 0 Å². The molecule has 0 saturated carbocycles. The minimum absolute atomic E-state index is 0.0157. The van der Waals surface area contributed by atoms with Crippen molar-refractivity contribution in [1.82, 2.24) is 4.90 Å². The van der Waals surface area contributed by atoms with Crippen LogP contribution >= 0.6 is 0 Å². The lowest BCUT2D eigenvalue weighted by Crippen LogP contribution is -2.36. The Morgan fingerprint density at radius 2 is 1.94 bits per heavy atom. The lowest BCUT2D eigenvalue weighted by atomic mass is 9.98. The van der Waals surface area contributed by atoms with Crippen LogP contribution in [0.1, 0.15) is 21.7 Å². The van der Waals surface area contributed by atoms with Gasteiger partial charge in [0.15, 0.2) is 0 Å². The number of furan rings is 1. The first-order chi connectivity index (χ1) is 17.3. The van der Waals surface area contributed by atoms with E-state index in [1.165, 1.54) is 12.3 Å². The summed E-state index contributed by atoms with van der Waals surface area (Å²) in [7, 11) is -4.29. The van der Waals surface area contributed by atoms with Gasteiger partial charge in [-0.3, -0.25) is 9.62 Å². The van der Waals surface area contributed by atoms with E-state index in [4.69, 9.17) is 13.9 Å². The van der Waals surface area contributed by atoms with Crippen LogP contribution < -0.4 is 9.46 Å². The number of hydrogen-bond donors (Lipinski definition) is 2. The van der Waals surface area contributed by atoms with Crippen molar-refractivity contribution in [2.75, 3.05) is 37.6 Å². The zero-order valence-electron chi connectivity index (χ0n) is 19.1. The summed E-state index contributed by atoms with van der Waals surface area (Å²) in [5.41, 5.74) is 0.818. The lowest BCUT2D eigenvalue weighted by Gasteiger charge is -2.25. The molecule has 3 heterocycles. The molecule has 0 aliphatic carbocycles. The van der Waals surface area contributed by atoms with E-state index >= 15 is 0 Å². The first-order valence-corrected chi connectivity index (χ1v) is 12.7. The molecule has 5 rings (SSSR count). The normalized spacial score (nSPS) is 15.8. The van der Waals surface area contributed by atoms with Gasteiger partial charge in [-0.15, -0.1) is 0 Å². The Labute approximate surface area is 206 Å². The molecule has 1 fully saturated rings. The lowest BCUT2D eigenvalue weighted by molar-refractivity contribution is 0.0435. The number of ether oxygens (including phenoxy) is 2. The Bertz CT molecular complexity index is 1440. The fourth-order valence-electron chi connectivity index (χ4n) is 4.28. The van der Waals surface area contributed by atoms with Crippen molar-refractivity contribution in [2.45, 2.75) is 11.5 Å². The molecule has 0 bridgehead atoms. The molecule has 11 heteroatoms. The van der Waals surface area contributed by atoms with Gasteiger partial charge in [0.05, 0.1) is 30.1 Å². The number of hydrogen-bond acceptors (Lipinski definition) is 7. The number of carboxylic acid groups (broad SMARTS) is 1. The summed E-state index contributed by atoms with van der Waals surface area (Å²) in [6.07, 6.45) is 4.78. The molecule has 3 aromatic rings. The van der Waals surface area contributed by atoms with Crippen LogP contribution in [0.5, 0.6) is 5.75 Å². The number of nitrogens with zero attached hydrogens (tertiary/aromatic N) is 1. The number of nitrogens with one attached hydrogen (secondary N) is 1. The molecular weight excluding hydrogens is 491 g/mol. The fourth-order valence-corrected chi connectivity index (χ4v) is 5.53. The number of carboxylic acids is 1. The highest BCUT2D eigenvalue weighted by Gasteiger charge is 2.30. The van der Waals surface area contributed by atoms with Crippen molar-refractivity contribution in [1.29, 1.82) is 0 Å². The molecule has 1 saturated heterocycles. The third-order valence-electron chi connectivity index (χ3n) is 6.03. The molecule has 0 atom stereocenters. The van der Waals surface area contributed by atoms with Crippen LogP contribution in [0.3, 0.4) is 0 Å². The number of morpholine rings is 1. The van der Waals surface area contributed by atoms with Crippen LogP contribution in [0.2, 0.25) is 0 Å². The molecular formula is C25H23FN2O7S. The van der Waals surface area contributed by atoms with Gasteiger partial charge >= 0.3 is 5.97 Å². The highest BCUT2D eigenvalue weighted by Crippen LogP contribution is 2.43. The van der Waals surface area contributed by atoms with Crippen molar-refractivity contribution in [2.24, 2.45) is 0 Å². The summed E-state index contributed by atoms with van der Waals surface area (Å²) in [6.45, 7) is 3.30. The van der Waals surface area contributed by atoms with Crippen LogP contribution in [0.25, 0.3) is 17.2 Å². The average Bonchev–Trinajstić information content (AvgIpc) is 3.33. The summed E-state index contributed by atoms with van der Waals surface area (Å²) >= 11 is 0. The molecule has 1 aromatic heterocycles. The van der Waals surface area contributed by atoms with Crippen molar-refractivity contribution in [3.8, 4) is 16.9 Å². The van der Waals surface area contributed by atoms with E-state index < -0.39 is 21.8 Å². The second kappa shape index (κ2) is 9.76. The van der Waals surface area contributed by atoms with E-state index in [2.05, 4.69) is 9.62 Å². The van der Waals surface area contributed by atoms with Crippen molar-refractivity contribution in [3.05, 3.63) is 71.4 Å². The van der Waals surface area contributed by atoms with Crippen LogP contribution in [-0.4, -0.2) is 57.2 Å². The highest BCUT2D eigenvalue weighted by molar-refractivity contribution is 7.92. The third-order valence-corrected chi connectivity index (χ3v) is 7.46. The SMILES string of the molecule is O=C(O)c1c(NS(=O)(=O)c2ccc(F)cc2C=CCN2CCOCC2)ccc2c1OCc1occc1-2. The molecule has 9 nitrogen and oxygen atoms in total. The Kier molecular flexibility index (Phi) is 6.52. The minimum Gasteiger partial charge on any atom is -0.484 e. The molecule has 0 spiro atoms. The van der Waals surface area contributed by atoms with Gasteiger partial charge < -0.3 is 19.0 Å². The van der Waals surface area contributed by atoms with Gasteiger partial charge in [-0.2, -0.15) is 0 Å². The first kappa shape index (κ1) is 24.0. The number of halogens is 1. The smallest absolute Gasteiger partial charge is 0.341 e. The molecule has 2 N–H and O–H groups in total. The minimum atomic E-state index is -4.29. The van der Waals surface area contributed by atoms with Crippen LogP contribution in [0, 0.1) is 5.82 Å². The van der Waals surface area contributed by atoms with Gasteiger partial charge in [0.1, 0.15) is 29.5 Å². The number of sulfonamides is 1. The molecule has 0 unspecified atom stereocenters. The summed E-state index contributed by atoms with van der Waals surface area (Å²) < 4.78 is 59.4. The Hall–Kier alpha value is -3.67. The predicted octanol–water partition coefficient (Wildman–Crippen LogP) is 3.82. The maximum absolute atomic E-state index is 14.0. The van der Waals surface area contributed by atoms with E-state index in [1.54, 1.807) is 24.3 Å². The monoisotopic (exact) mass is 514 g/mol. The summed E-state index contributed by atoms with van der Waals surface area (Å²) in [5.74, 6) is -1.36. The number of carbonyl (C=O) groups is 1. The predicted molar refractivity (Wildman–Crippen MR) is 129 cm³/mol. The van der Waals surface area contributed by atoms with E-state index in [0.717, 1.165) is 31.3 Å². The summed E-state index contributed by atoms with van der Waals surface area (Å²) in [4.78, 5) is 14.1. The topological polar surface area (TPSA) is 118 Å². The van der Waals surface area contributed by atoms with Crippen molar-refractivity contribution >= 4 is 27.8 Å². The van der Waals surface area contributed by atoms with Gasteiger partial charge in [-0.05, 0) is 42.0 Å². The van der Waals surface area contributed by atoms with Gasteiger partial charge in [-0.25, -0.2) is 17.6 Å². The second-order valence-electron chi connectivity index (χ2n) is 8.32. The average molecular weight is 515 g/mol. The Morgan fingerprint density at radius 3 is 2.72 bits per heavy atom. The summed E-state index contributed by atoms with van der Waals surface area (Å²) in [6, 6.07) is 7.95. The third kappa shape index (κ3) is 4.72. The van der Waals surface area contributed by atoms with Crippen LogP contribution in [0.4, 0.5) is 10.1 Å². The van der Waals surface area contributed by atoms with Gasteiger partial charge in [0, 0.05) is 30.8 Å². The maximum atomic E-state index is 14.0. The van der Waals surface area contributed by atoms with E-state index in [1.807, 2.05) is 0 Å².